The molecule has 1 heterocycles. The summed E-state index contributed by atoms with van der Waals surface area (Å²) >= 11 is 0. The standard InChI is InChI=1S/C27H32N2O9S/c1-17-9-11-19(12-10-17)39(34,35)29-15-21-23(25(31)37-3)20(24(30)36-2)13-22(27(21,33)16-29)38-26(32)28-14-18-7-5-4-6-8-18/h4-12,20-23,33H,13-16H2,1-3H3,(H,28,32)/t20-,21?,22-,23-,27+/m0/s1. The molecule has 1 aliphatic carbocycles. The Bertz CT molecular complexity index is 1320. The molecule has 0 spiro atoms. The van der Waals surface area contributed by atoms with Gasteiger partial charge in [-0.05, 0) is 24.6 Å². The molecular weight excluding hydrogens is 528 g/mol. The van der Waals surface area contributed by atoms with Crippen LogP contribution in [0.25, 0.3) is 0 Å². The maximum atomic E-state index is 13.5. The Hall–Kier alpha value is -3.48. The Morgan fingerprint density at radius 1 is 1.03 bits per heavy atom. The van der Waals surface area contributed by atoms with E-state index in [0.717, 1.165) is 29.7 Å². The SMILES string of the molecule is COC(=O)[C@H]1C[C@H](OC(=O)NCc2ccccc2)[C@@]2(O)CN(S(=O)(=O)c3ccc(C)cc3)CC2[C@H]1C(=O)OC. The van der Waals surface area contributed by atoms with Crippen LogP contribution in [-0.4, -0.2) is 74.9 Å². The van der Waals surface area contributed by atoms with Gasteiger partial charge in [0.05, 0.1) is 31.0 Å². The minimum absolute atomic E-state index is 0.00700. The number of amides is 1. The van der Waals surface area contributed by atoms with Crippen LogP contribution in [0.3, 0.4) is 0 Å². The van der Waals surface area contributed by atoms with Crippen molar-refractivity contribution in [2.24, 2.45) is 17.8 Å². The normalized spacial score (nSPS) is 26.8. The van der Waals surface area contributed by atoms with Gasteiger partial charge in [-0.2, -0.15) is 4.31 Å². The Balaban J connectivity index is 1.66. The highest BCUT2D eigenvalue weighted by molar-refractivity contribution is 7.89. The number of aryl methyl sites for hydroxylation is 1. The molecule has 1 amide bonds. The second kappa shape index (κ2) is 11.3. The summed E-state index contributed by atoms with van der Waals surface area (Å²) in [4.78, 5) is 38.5. The van der Waals surface area contributed by atoms with E-state index >= 15 is 0 Å². The molecule has 11 nitrogen and oxygen atoms in total. The van der Waals surface area contributed by atoms with Crippen molar-refractivity contribution in [1.29, 1.82) is 0 Å². The molecule has 0 aromatic heterocycles. The van der Waals surface area contributed by atoms with Crippen molar-refractivity contribution >= 4 is 28.1 Å². The molecule has 4 rings (SSSR count). The zero-order chi connectivity index (χ0) is 28.4. The van der Waals surface area contributed by atoms with Gasteiger partial charge in [0.25, 0.3) is 0 Å². The van der Waals surface area contributed by atoms with E-state index in [4.69, 9.17) is 14.2 Å². The van der Waals surface area contributed by atoms with Crippen LogP contribution in [0, 0.1) is 24.7 Å². The molecule has 5 atom stereocenters. The summed E-state index contributed by atoms with van der Waals surface area (Å²) in [6.45, 7) is 1.22. The Labute approximate surface area is 227 Å². The molecule has 1 unspecified atom stereocenters. The summed E-state index contributed by atoms with van der Waals surface area (Å²) in [6, 6.07) is 15.3. The summed E-state index contributed by atoms with van der Waals surface area (Å²) in [5.41, 5.74) is -0.306. The number of alkyl carbamates (subject to hydrolysis) is 1. The smallest absolute Gasteiger partial charge is 0.407 e. The van der Waals surface area contributed by atoms with Gasteiger partial charge in [0.2, 0.25) is 10.0 Å². The van der Waals surface area contributed by atoms with Gasteiger partial charge >= 0.3 is 18.0 Å². The number of esters is 2. The first kappa shape index (κ1) is 28.5. The van der Waals surface area contributed by atoms with Crippen LogP contribution in [0.5, 0.6) is 0 Å². The molecule has 12 heteroatoms. The van der Waals surface area contributed by atoms with E-state index in [1.54, 1.807) is 12.1 Å². The number of nitrogens with zero attached hydrogens (tertiary/aromatic N) is 1. The van der Waals surface area contributed by atoms with Gasteiger partial charge in [-0.1, -0.05) is 48.0 Å². The first-order valence-electron chi connectivity index (χ1n) is 12.4. The van der Waals surface area contributed by atoms with Gasteiger partial charge in [-0.15, -0.1) is 0 Å². The molecule has 2 aromatic carbocycles. The zero-order valence-electron chi connectivity index (χ0n) is 21.9. The van der Waals surface area contributed by atoms with Crippen molar-refractivity contribution in [1.82, 2.24) is 9.62 Å². The van der Waals surface area contributed by atoms with Crippen molar-refractivity contribution in [2.45, 2.75) is 36.5 Å². The summed E-state index contributed by atoms with van der Waals surface area (Å²) in [5.74, 6) is -5.03. The number of hydrogen-bond acceptors (Lipinski definition) is 9. The number of carbonyl (C=O) groups excluding carboxylic acids is 3. The fraction of sp³-hybridized carbons (Fsp3) is 0.444. The summed E-state index contributed by atoms with van der Waals surface area (Å²) in [6.07, 6.45) is -2.45. The quantitative estimate of drug-likeness (QED) is 0.381. The number of carbonyl (C=O) groups is 3. The highest BCUT2D eigenvalue weighted by atomic mass is 32.2. The molecule has 39 heavy (non-hydrogen) atoms. The van der Waals surface area contributed by atoms with Crippen molar-refractivity contribution in [2.75, 3.05) is 27.3 Å². The number of hydrogen-bond donors (Lipinski definition) is 2. The predicted octanol–water partition coefficient (Wildman–Crippen LogP) is 1.62. The van der Waals surface area contributed by atoms with Crippen LogP contribution in [0.4, 0.5) is 4.79 Å². The molecule has 1 aliphatic heterocycles. The molecule has 2 aliphatic rings. The average molecular weight is 561 g/mol. The number of fused-ring (bicyclic) bond motifs is 1. The number of aliphatic hydroxyl groups is 1. The number of benzene rings is 2. The second-order valence-corrected chi connectivity index (χ2v) is 11.8. The van der Waals surface area contributed by atoms with Crippen molar-refractivity contribution in [3.63, 3.8) is 0 Å². The van der Waals surface area contributed by atoms with Gasteiger partial charge in [0, 0.05) is 32.0 Å². The van der Waals surface area contributed by atoms with Gasteiger partial charge in [-0.25, -0.2) is 13.2 Å². The molecule has 2 N–H and O–H groups in total. The van der Waals surface area contributed by atoms with Crippen LogP contribution in [-0.2, 0) is 40.4 Å². The largest absolute Gasteiger partial charge is 0.469 e. The summed E-state index contributed by atoms with van der Waals surface area (Å²) < 4.78 is 43.6. The van der Waals surface area contributed by atoms with Crippen molar-refractivity contribution in [3.8, 4) is 0 Å². The van der Waals surface area contributed by atoms with Crippen LogP contribution in [0.15, 0.2) is 59.5 Å². The van der Waals surface area contributed by atoms with E-state index in [0.29, 0.717) is 0 Å². The first-order valence-corrected chi connectivity index (χ1v) is 13.9. The van der Waals surface area contributed by atoms with Gasteiger partial charge in [0.1, 0.15) is 11.7 Å². The molecule has 0 radical (unpaired) electrons. The maximum absolute atomic E-state index is 13.5. The molecule has 2 aromatic rings. The van der Waals surface area contributed by atoms with Crippen LogP contribution in [0.2, 0.25) is 0 Å². The number of sulfonamides is 1. The molecule has 210 valence electrons. The third kappa shape index (κ3) is 5.63. The van der Waals surface area contributed by atoms with Gasteiger partial charge < -0.3 is 24.6 Å². The number of methoxy groups -OCH3 is 2. The second-order valence-electron chi connectivity index (χ2n) is 9.86. The average Bonchev–Trinajstić information content (AvgIpc) is 3.31. The lowest BCUT2D eigenvalue weighted by Crippen LogP contribution is -2.61. The van der Waals surface area contributed by atoms with E-state index in [2.05, 4.69) is 5.32 Å². The fourth-order valence-electron chi connectivity index (χ4n) is 5.46. The fourth-order valence-corrected chi connectivity index (χ4v) is 6.97. The first-order chi connectivity index (χ1) is 18.5. The van der Waals surface area contributed by atoms with Gasteiger partial charge in [-0.3, -0.25) is 9.59 Å². The zero-order valence-corrected chi connectivity index (χ0v) is 22.7. The van der Waals surface area contributed by atoms with E-state index in [1.165, 1.54) is 12.1 Å². The Kier molecular flexibility index (Phi) is 8.28. The monoisotopic (exact) mass is 560 g/mol. The minimum Gasteiger partial charge on any atom is -0.469 e. The lowest BCUT2D eigenvalue weighted by molar-refractivity contribution is -0.186. The topological polar surface area (TPSA) is 149 Å². The highest BCUT2D eigenvalue weighted by Crippen LogP contribution is 2.49. The highest BCUT2D eigenvalue weighted by Gasteiger charge is 2.65. The molecule has 1 saturated heterocycles. The van der Waals surface area contributed by atoms with Crippen LogP contribution < -0.4 is 5.32 Å². The Morgan fingerprint density at radius 3 is 2.28 bits per heavy atom. The number of rotatable bonds is 7. The molecule has 0 bridgehead atoms. The Morgan fingerprint density at radius 2 is 1.67 bits per heavy atom. The van der Waals surface area contributed by atoms with E-state index < -0.39 is 64.1 Å². The molecular formula is C27H32N2O9S. The predicted molar refractivity (Wildman–Crippen MR) is 138 cm³/mol. The molecule has 2 fully saturated rings. The van der Waals surface area contributed by atoms with E-state index in [9.17, 15) is 27.9 Å². The van der Waals surface area contributed by atoms with E-state index in [-0.39, 0.29) is 24.4 Å². The maximum Gasteiger partial charge on any atom is 0.407 e. The number of β-amino-alcohol motifs (C(OH)–C–C–N with tert-alkyl or cyclic N) is 1. The lowest BCUT2D eigenvalue weighted by atomic mass is 9.64. The number of nitrogens with one attached hydrogen (secondary N) is 1. The molecule has 1 saturated carbocycles. The minimum atomic E-state index is -4.10. The van der Waals surface area contributed by atoms with Crippen LogP contribution >= 0.6 is 0 Å². The van der Waals surface area contributed by atoms with E-state index in [1.807, 2.05) is 37.3 Å². The number of ether oxygens (including phenoxy) is 3. The van der Waals surface area contributed by atoms with Crippen molar-refractivity contribution < 1.29 is 42.1 Å². The third-order valence-electron chi connectivity index (χ3n) is 7.53. The lowest BCUT2D eigenvalue weighted by Gasteiger charge is -2.46. The van der Waals surface area contributed by atoms with Crippen molar-refractivity contribution in [3.05, 3.63) is 65.7 Å². The van der Waals surface area contributed by atoms with Gasteiger partial charge in [0.15, 0.2) is 0 Å². The summed E-state index contributed by atoms with van der Waals surface area (Å²) in [7, 11) is -1.80. The van der Waals surface area contributed by atoms with Crippen LogP contribution in [0.1, 0.15) is 17.5 Å². The third-order valence-corrected chi connectivity index (χ3v) is 9.36. The summed E-state index contributed by atoms with van der Waals surface area (Å²) in [5, 5.41) is 14.6.